The van der Waals surface area contributed by atoms with Crippen molar-refractivity contribution in [3.8, 4) is 17.4 Å². The number of hydrogen-bond acceptors (Lipinski definition) is 4. The summed E-state index contributed by atoms with van der Waals surface area (Å²) in [5.74, 6) is 0.142. The van der Waals surface area contributed by atoms with Gasteiger partial charge in [-0.2, -0.15) is 0 Å². The number of oxazole rings is 1. The van der Waals surface area contributed by atoms with E-state index in [4.69, 9.17) is 4.42 Å². The summed E-state index contributed by atoms with van der Waals surface area (Å²) in [4.78, 5) is 8.52. The molecule has 1 aromatic heterocycles. The number of benzene rings is 2. The van der Waals surface area contributed by atoms with Crippen molar-refractivity contribution in [3.63, 3.8) is 0 Å². The van der Waals surface area contributed by atoms with Crippen LogP contribution in [-0.4, -0.2) is 16.3 Å². The maximum atomic E-state index is 9.79. The molecule has 0 saturated heterocycles. The van der Waals surface area contributed by atoms with Crippen molar-refractivity contribution in [2.45, 2.75) is 6.92 Å². The van der Waals surface area contributed by atoms with E-state index in [1.54, 1.807) is 0 Å². The molecule has 0 fully saturated rings. The van der Waals surface area contributed by atoms with E-state index in [-0.39, 0.29) is 5.95 Å². The van der Waals surface area contributed by atoms with Crippen LogP contribution in [0, 0.1) is 6.92 Å². The summed E-state index contributed by atoms with van der Waals surface area (Å²) < 4.78 is 5.26. The van der Waals surface area contributed by atoms with E-state index >= 15 is 0 Å². The van der Waals surface area contributed by atoms with Gasteiger partial charge in [-0.3, -0.25) is 4.99 Å². The van der Waals surface area contributed by atoms with Crippen molar-refractivity contribution in [1.82, 2.24) is 4.98 Å². The molecular weight excluding hydrogens is 264 g/mol. The molecule has 0 amide bonds. The van der Waals surface area contributed by atoms with E-state index in [1.165, 1.54) is 11.8 Å². The third kappa shape index (κ3) is 3.00. The molecule has 0 aliphatic carbocycles. The summed E-state index contributed by atoms with van der Waals surface area (Å²) in [6.45, 7) is 2.02. The molecule has 2 aromatic carbocycles. The predicted octanol–water partition coefficient (Wildman–Crippen LogP) is 4.11. The second-order valence-electron chi connectivity index (χ2n) is 4.67. The Morgan fingerprint density at radius 2 is 1.76 bits per heavy atom. The van der Waals surface area contributed by atoms with Gasteiger partial charge < -0.3 is 9.52 Å². The first-order chi connectivity index (χ1) is 10.2. The Morgan fingerprint density at radius 1 is 1.05 bits per heavy atom. The van der Waals surface area contributed by atoms with Crippen molar-refractivity contribution in [3.05, 3.63) is 65.9 Å². The lowest BCUT2D eigenvalue weighted by Crippen LogP contribution is -1.82. The Balaban J connectivity index is 1.86. The van der Waals surface area contributed by atoms with Crippen LogP contribution >= 0.6 is 0 Å². The average molecular weight is 278 g/mol. The van der Waals surface area contributed by atoms with Gasteiger partial charge in [-0.05, 0) is 31.2 Å². The molecule has 3 rings (SSSR count). The highest BCUT2D eigenvalue weighted by Gasteiger charge is 2.11. The van der Waals surface area contributed by atoms with Crippen molar-refractivity contribution >= 4 is 11.9 Å². The van der Waals surface area contributed by atoms with Crippen LogP contribution in [0.1, 0.15) is 11.3 Å². The highest BCUT2D eigenvalue weighted by Crippen LogP contribution is 2.25. The zero-order chi connectivity index (χ0) is 14.7. The van der Waals surface area contributed by atoms with Crippen LogP contribution in [0.4, 0.5) is 5.69 Å². The van der Waals surface area contributed by atoms with Crippen molar-refractivity contribution < 1.29 is 9.52 Å². The summed E-state index contributed by atoms with van der Waals surface area (Å²) in [5.41, 5.74) is 3.09. The minimum Gasteiger partial charge on any atom is -0.479 e. The van der Waals surface area contributed by atoms with Gasteiger partial charge in [0.05, 0.1) is 11.9 Å². The molecule has 0 unspecified atom stereocenters. The normalized spacial score (nSPS) is 11.1. The fourth-order valence-electron chi connectivity index (χ4n) is 1.88. The summed E-state index contributed by atoms with van der Waals surface area (Å²) in [7, 11) is 0. The van der Waals surface area contributed by atoms with Gasteiger partial charge in [0.2, 0.25) is 5.89 Å². The first kappa shape index (κ1) is 13.1. The van der Waals surface area contributed by atoms with Crippen molar-refractivity contribution in [2.75, 3.05) is 0 Å². The van der Waals surface area contributed by atoms with Gasteiger partial charge >= 0.3 is 5.95 Å². The minimum absolute atomic E-state index is 0.232. The van der Waals surface area contributed by atoms with E-state index in [0.29, 0.717) is 11.6 Å². The zero-order valence-electron chi connectivity index (χ0n) is 11.5. The molecule has 4 nitrogen and oxygen atoms in total. The summed E-state index contributed by atoms with van der Waals surface area (Å²) in [6.07, 6.45) is 1.50. The fourth-order valence-corrected chi connectivity index (χ4v) is 1.88. The lowest BCUT2D eigenvalue weighted by molar-refractivity contribution is 0.337. The number of aryl methyl sites for hydroxylation is 1. The second-order valence-corrected chi connectivity index (χ2v) is 4.67. The first-order valence-electron chi connectivity index (χ1n) is 6.58. The van der Waals surface area contributed by atoms with Crippen LogP contribution in [-0.2, 0) is 0 Å². The van der Waals surface area contributed by atoms with Crippen LogP contribution in [0.25, 0.3) is 11.5 Å². The fraction of sp³-hybridized carbons (Fsp3) is 0.0588. The molecule has 21 heavy (non-hydrogen) atoms. The zero-order valence-corrected chi connectivity index (χ0v) is 11.5. The molecule has 0 saturated carbocycles. The SMILES string of the molecule is Cc1ccc(N=Cc2nc(-c3ccccc3)oc2O)cc1. The maximum absolute atomic E-state index is 9.79. The number of nitrogens with zero attached hydrogens (tertiary/aromatic N) is 2. The molecule has 1 N–H and O–H groups in total. The lowest BCUT2D eigenvalue weighted by atomic mass is 10.2. The lowest BCUT2D eigenvalue weighted by Gasteiger charge is -1.93. The van der Waals surface area contributed by atoms with E-state index < -0.39 is 0 Å². The van der Waals surface area contributed by atoms with Gasteiger partial charge in [-0.15, -0.1) is 0 Å². The molecular formula is C17H14N2O2. The smallest absolute Gasteiger partial charge is 0.312 e. The molecule has 3 aromatic rings. The molecule has 1 heterocycles. The van der Waals surface area contributed by atoms with Crippen molar-refractivity contribution in [2.24, 2.45) is 4.99 Å². The molecule has 0 radical (unpaired) electrons. The molecule has 0 bridgehead atoms. The molecule has 0 aliphatic heterocycles. The Hall–Kier alpha value is -2.88. The van der Waals surface area contributed by atoms with Gasteiger partial charge in [-0.1, -0.05) is 35.9 Å². The number of rotatable bonds is 3. The Labute approximate surface area is 122 Å². The van der Waals surface area contributed by atoms with Crippen molar-refractivity contribution in [1.29, 1.82) is 0 Å². The van der Waals surface area contributed by atoms with Gasteiger partial charge in [0, 0.05) is 5.56 Å². The quantitative estimate of drug-likeness (QED) is 0.733. The first-order valence-corrected chi connectivity index (χ1v) is 6.58. The van der Waals surface area contributed by atoms with Gasteiger partial charge in [0.1, 0.15) is 0 Å². The maximum Gasteiger partial charge on any atom is 0.312 e. The van der Waals surface area contributed by atoms with Crippen LogP contribution in [0.15, 0.2) is 64.0 Å². The number of aromatic nitrogens is 1. The topological polar surface area (TPSA) is 58.6 Å². The van der Waals surface area contributed by atoms with Gasteiger partial charge in [0.15, 0.2) is 5.69 Å². The van der Waals surface area contributed by atoms with Gasteiger partial charge in [0.25, 0.3) is 0 Å². The second kappa shape index (κ2) is 5.63. The molecule has 0 aliphatic rings. The minimum atomic E-state index is -0.232. The molecule has 4 heteroatoms. The number of aliphatic imine (C=N–C) groups is 1. The summed E-state index contributed by atoms with van der Waals surface area (Å²) in [5, 5.41) is 9.79. The summed E-state index contributed by atoms with van der Waals surface area (Å²) in [6, 6.07) is 17.2. The highest BCUT2D eigenvalue weighted by molar-refractivity contribution is 5.82. The van der Waals surface area contributed by atoms with Crippen LogP contribution in [0.3, 0.4) is 0 Å². The van der Waals surface area contributed by atoms with E-state index in [1.807, 2.05) is 61.5 Å². The highest BCUT2D eigenvalue weighted by atomic mass is 16.5. The van der Waals surface area contributed by atoms with E-state index in [2.05, 4.69) is 9.98 Å². The monoisotopic (exact) mass is 278 g/mol. The molecule has 104 valence electrons. The van der Waals surface area contributed by atoms with E-state index in [0.717, 1.165) is 11.3 Å². The Bertz CT molecular complexity index is 759. The van der Waals surface area contributed by atoms with Gasteiger partial charge in [-0.25, -0.2) is 4.98 Å². The largest absolute Gasteiger partial charge is 0.479 e. The standard InChI is InChI=1S/C17H14N2O2/c1-12-7-9-14(10-8-12)18-11-15-17(20)21-16(19-15)13-5-3-2-4-6-13/h2-11,20H,1H3. The Morgan fingerprint density at radius 3 is 2.48 bits per heavy atom. The van der Waals surface area contributed by atoms with Crippen LogP contribution in [0.2, 0.25) is 0 Å². The summed E-state index contributed by atoms with van der Waals surface area (Å²) >= 11 is 0. The number of aromatic hydroxyl groups is 1. The van der Waals surface area contributed by atoms with Crippen LogP contribution < -0.4 is 0 Å². The Kier molecular flexibility index (Phi) is 3.51. The molecule has 0 spiro atoms. The molecule has 0 atom stereocenters. The number of hydrogen-bond donors (Lipinski definition) is 1. The van der Waals surface area contributed by atoms with Crippen LogP contribution in [0.5, 0.6) is 5.95 Å². The predicted molar refractivity (Wildman–Crippen MR) is 82.0 cm³/mol. The third-order valence-electron chi connectivity index (χ3n) is 3.03. The van der Waals surface area contributed by atoms with E-state index in [9.17, 15) is 5.11 Å². The third-order valence-corrected chi connectivity index (χ3v) is 3.03. The average Bonchev–Trinajstić information content (AvgIpc) is 2.89.